The zero-order valence-corrected chi connectivity index (χ0v) is 11.6. The number of nitrogens with one attached hydrogen (secondary N) is 1. The minimum absolute atomic E-state index is 0.0826. The summed E-state index contributed by atoms with van der Waals surface area (Å²) in [5.74, 6) is 0.0826. The van der Waals surface area contributed by atoms with Crippen molar-refractivity contribution in [1.82, 2.24) is 10.2 Å². The quantitative estimate of drug-likeness (QED) is 0.876. The molecule has 0 aromatic heterocycles. The number of amides is 1. The fourth-order valence-electron chi connectivity index (χ4n) is 2.43. The molecule has 1 aromatic rings. The molecule has 2 rings (SSSR count). The van der Waals surface area contributed by atoms with Crippen LogP contribution in [0.5, 0.6) is 0 Å². The van der Waals surface area contributed by atoms with Crippen LogP contribution in [-0.2, 0) is 11.3 Å². The summed E-state index contributed by atoms with van der Waals surface area (Å²) in [5, 5.41) is 11.8. The van der Waals surface area contributed by atoms with Crippen LogP contribution in [0.2, 0.25) is 0 Å². The number of benzene rings is 1. The lowest BCUT2D eigenvalue weighted by molar-refractivity contribution is -0.132. The van der Waals surface area contributed by atoms with E-state index in [0.29, 0.717) is 11.6 Å². The fourth-order valence-corrected chi connectivity index (χ4v) is 2.43. The molecule has 3 unspecified atom stereocenters. The summed E-state index contributed by atoms with van der Waals surface area (Å²) in [4.78, 5) is 14.1. The molecule has 4 nitrogen and oxygen atoms in total. The van der Waals surface area contributed by atoms with E-state index in [1.54, 1.807) is 0 Å². The van der Waals surface area contributed by atoms with E-state index in [4.69, 9.17) is 5.26 Å². The number of nitrogens with zero attached hydrogens (tertiary/aromatic N) is 2. The highest BCUT2D eigenvalue weighted by Gasteiger charge is 2.34. The van der Waals surface area contributed by atoms with E-state index in [-0.39, 0.29) is 18.0 Å². The van der Waals surface area contributed by atoms with Gasteiger partial charge in [0.25, 0.3) is 0 Å². The Balaban J connectivity index is 2.15. The van der Waals surface area contributed by atoms with Gasteiger partial charge in [-0.05, 0) is 38.5 Å². The predicted octanol–water partition coefficient (Wildman–Crippen LogP) is 1.66. The molecule has 1 heterocycles. The van der Waals surface area contributed by atoms with E-state index in [0.717, 1.165) is 12.1 Å². The van der Waals surface area contributed by atoms with Crippen molar-refractivity contribution in [3.05, 3.63) is 35.4 Å². The highest BCUT2D eigenvalue weighted by molar-refractivity contribution is 5.82. The number of hydrogen-bond acceptors (Lipinski definition) is 3. The van der Waals surface area contributed by atoms with Crippen LogP contribution in [0.4, 0.5) is 0 Å². The zero-order valence-electron chi connectivity index (χ0n) is 11.6. The summed E-state index contributed by atoms with van der Waals surface area (Å²) in [5.41, 5.74) is 1.79. The molecule has 0 saturated carbocycles. The number of piperazine rings is 1. The molecule has 0 spiro atoms. The van der Waals surface area contributed by atoms with Gasteiger partial charge in [0.2, 0.25) is 5.91 Å². The first-order valence-corrected chi connectivity index (χ1v) is 6.58. The molecule has 0 bridgehead atoms. The molecular weight excluding hydrogens is 238 g/mol. The Kier molecular flexibility index (Phi) is 3.87. The van der Waals surface area contributed by atoms with Crippen LogP contribution >= 0.6 is 0 Å². The van der Waals surface area contributed by atoms with Gasteiger partial charge >= 0.3 is 0 Å². The van der Waals surface area contributed by atoms with Crippen LogP contribution in [0, 0.1) is 11.3 Å². The molecule has 3 atom stereocenters. The van der Waals surface area contributed by atoms with Gasteiger partial charge in [-0.25, -0.2) is 0 Å². The first kappa shape index (κ1) is 13.6. The van der Waals surface area contributed by atoms with Crippen molar-refractivity contribution in [2.45, 2.75) is 45.4 Å². The third-order valence-electron chi connectivity index (χ3n) is 3.94. The Morgan fingerprint density at radius 2 is 1.89 bits per heavy atom. The lowest BCUT2D eigenvalue weighted by Crippen LogP contribution is -2.62. The average molecular weight is 257 g/mol. The van der Waals surface area contributed by atoms with Gasteiger partial charge in [0, 0.05) is 18.6 Å². The van der Waals surface area contributed by atoms with Gasteiger partial charge in [-0.3, -0.25) is 9.69 Å². The Morgan fingerprint density at radius 3 is 2.47 bits per heavy atom. The van der Waals surface area contributed by atoms with Crippen LogP contribution in [0.25, 0.3) is 0 Å². The van der Waals surface area contributed by atoms with E-state index in [9.17, 15) is 4.79 Å². The first-order valence-electron chi connectivity index (χ1n) is 6.58. The van der Waals surface area contributed by atoms with Crippen molar-refractivity contribution in [3.63, 3.8) is 0 Å². The van der Waals surface area contributed by atoms with Crippen molar-refractivity contribution in [2.24, 2.45) is 0 Å². The molecule has 100 valence electrons. The number of nitriles is 1. The number of hydrogen-bond donors (Lipinski definition) is 1. The summed E-state index contributed by atoms with van der Waals surface area (Å²) in [7, 11) is 0. The Morgan fingerprint density at radius 1 is 1.26 bits per heavy atom. The largest absolute Gasteiger partial charge is 0.351 e. The first-order chi connectivity index (χ1) is 9.02. The van der Waals surface area contributed by atoms with E-state index >= 15 is 0 Å². The van der Waals surface area contributed by atoms with Crippen LogP contribution in [0.1, 0.15) is 31.9 Å². The topological polar surface area (TPSA) is 56.1 Å². The molecular formula is C15H19N3O. The lowest BCUT2D eigenvalue weighted by atomic mass is 10.0. The zero-order chi connectivity index (χ0) is 14.0. The summed E-state index contributed by atoms with van der Waals surface area (Å²) in [6.07, 6.45) is 0. The second-order valence-corrected chi connectivity index (χ2v) is 5.19. The van der Waals surface area contributed by atoms with Crippen LogP contribution < -0.4 is 5.32 Å². The normalized spacial score (nSPS) is 27.7. The van der Waals surface area contributed by atoms with Gasteiger partial charge in [-0.1, -0.05) is 12.1 Å². The molecule has 0 aliphatic carbocycles. The standard InChI is InChI=1S/C15H19N3O/c1-10-11(2)18(12(3)15(19)17-10)9-14-6-4-13(8-16)5-7-14/h4-7,10-12H,9H2,1-3H3,(H,17,19). The fraction of sp³-hybridized carbons (Fsp3) is 0.467. The maximum atomic E-state index is 11.9. The van der Waals surface area contributed by atoms with E-state index in [1.807, 2.05) is 38.1 Å². The number of rotatable bonds is 2. The van der Waals surface area contributed by atoms with Gasteiger partial charge in [0.1, 0.15) is 0 Å². The van der Waals surface area contributed by atoms with Gasteiger partial charge in [0.05, 0.1) is 17.7 Å². The van der Waals surface area contributed by atoms with Crippen molar-refractivity contribution >= 4 is 5.91 Å². The molecule has 1 amide bonds. The third kappa shape index (κ3) is 2.77. The molecule has 1 N–H and O–H groups in total. The number of carbonyl (C=O) groups is 1. The SMILES string of the molecule is CC1NC(=O)C(C)N(Cc2ccc(C#N)cc2)C1C. The summed E-state index contributed by atoms with van der Waals surface area (Å²) in [6.45, 7) is 6.82. The van der Waals surface area contributed by atoms with Crippen LogP contribution in [0.3, 0.4) is 0 Å². The van der Waals surface area contributed by atoms with Gasteiger partial charge in [-0.2, -0.15) is 5.26 Å². The Bertz CT molecular complexity index is 503. The average Bonchev–Trinajstić information content (AvgIpc) is 2.42. The van der Waals surface area contributed by atoms with Gasteiger partial charge in [0.15, 0.2) is 0 Å². The van der Waals surface area contributed by atoms with Crippen LogP contribution in [-0.4, -0.2) is 28.9 Å². The summed E-state index contributed by atoms with van der Waals surface area (Å²) in [6, 6.07) is 9.98. The second kappa shape index (κ2) is 5.41. The van der Waals surface area contributed by atoms with Gasteiger partial charge in [-0.15, -0.1) is 0 Å². The third-order valence-corrected chi connectivity index (χ3v) is 3.94. The van der Waals surface area contributed by atoms with Crippen molar-refractivity contribution in [2.75, 3.05) is 0 Å². The van der Waals surface area contributed by atoms with Crippen molar-refractivity contribution < 1.29 is 4.79 Å². The molecule has 4 heteroatoms. The lowest BCUT2D eigenvalue weighted by Gasteiger charge is -2.42. The predicted molar refractivity (Wildman–Crippen MR) is 73.2 cm³/mol. The molecule has 1 aromatic carbocycles. The second-order valence-electron chi connectivity index (χ2n) is 5.19. The maximum absolute atomic E-state index is 11.9. The minimum atomic E-state index is -0.123. The van der Waals surface area contributed by atoms with E-state index < -0.39 is 0 Å². The summed E-state index contributed by atoms with van der Waals surface area (Å²) >= 11 is 0. The van der Waals surface area contributed by atoms with Gasteiger partial charge < -0.3 is 5.32 Å². The Hall–Kier alpha value is -1.86. The Labute approximate surface area is 114 Å². The van der Waals surface area contributed by atoms with E-state index in [2.05, 4.69) is 23.2 Å². The molecule has 1 aliphatic rings. The summed E-state index contributed by atoms with van der Waals surface area (Å²) < 4.78 is 0. The van der Waals surface area contributed by atoms with Crippen molar-refractivity contribution in [1.29, 1.82) is 5.26 Å². The van der Waals surface area contributed by atoms with Crippen molar-refractivity contribution in [3.8, 4) is 6.07 Å². The smallest absolute Gasteiger partial charge is 0.237 e. The molecule has 1 fully saturated rings. The molecule has 1 saturated heterocycles. The maximum Gasteiger partial charge on any atom is 0.237 e. The molecule has 19 heavy (non-hydrogen) atoms. The minimum Gasteiger partial charge on any atom is -0.351 e. The van der Waals surface area contributed by atoms with Crippen LogP contribution in [0.15, 0.2) is 24.3 Å². The molecule has 1 aliphatic heterocycles. The van der Waals surface area contributed by atoms with E-state index in [1.165, 1.54) is 0 Å². The molecule has 0 radical (unpaired) electrons. The highest BCUT2D eigenvalue weighted by Crippen LogP contribution is 2.19. The number of carbonyl (C=O) groups excluding carboxylic acids is 1. The monoisotopic (exact) mass is 257 g/mol. The highest BCUT2D eigenvalue weighted by atomic mass is 16.2.